The van der Waals surface area contributed by atoms with Crippen LogP contribution >= 0.6 is 15.9 Å². The van der Waals surface area contributed by atoms with Gasteiger partial charge in [-0.25, -0.2) is 4.98 Å². The number of aromatic nitrogens is 1. The number of hydrogen-bond donors (Lipinski definition) is 0. The number of ether oxygens (including phenoxy) is 1. The summed E-state index contributed by atoms with van der Waals surface area (Å²) in [6, 6.07) is 2.93. The minimum atomic E-state index is -4.77. The van der Waals surface area contributed by atoms with E-state index in [2.05, 4.69) is 25.7 Å². The second-order valence-corrected chi connectivity index (χ2v) is 3.36. The fourth-order valence-corrected chi connectivity index (χ4v) is 1.50. The molecule has 1 aromatic heterocycles. The van der Waals surface area contributed by atoms with Crippen LogP contribution in [0.15, 0.2) is 10.7 Å². The zero-order valence-electron chi connectivity index (χ0n) is 7.39. The summed E-state index contributed by atoms with van der Waals surface area (Å²) >= 11 is 2.80. The van der Waals surface area contributed by atoms with Gasteiger partial charge < -0.3 is 4.74 Å². The van der Waals surface area contributed by atoms with E-state index in [1.54, 1.807) is 6.07 Å². The number of nitriles is 1. The molecule has 0 atom stereocenters. The summed E-state index contributed by atoms with van der Waals surface area (Å²) in [4.78, 5) is 3.57. The lowest BCUT2D eigenvalue weighted by Crippen LogP contribution is -2.18. The van der Waals surface area contributed by atoms with Crippen molar-refractivity contribution in [2.75, 3.05) is 0 Å². The molecule has 0 saturated carbocycles. The third-order valence-corrected chi connectivity index (χ3v) is 1.99. The molecule has 7 heteroatoms. The number of rotatable bonds is 1. The summed E-state index contributed by atoms with van der Waals surface area (Å²) in [7, 11) is 0. The minimum absolute atomic E-state index is 0.0221. The van der Waals surface area contributed by atoms with E-state index in [1.807, 2.05) is 0 Å². The molecule has 0 bridgehead atoms. The Morgan fingerprint density at radius 3 is 2.53 bits per heavy atom. The summed E-state index contributed by atoms with van der Waals surface area (Å²) < 4.78 is 39.4. The molecular formula is C8H4BrF3N2O. The zero-order chi connectivity index (χ0) is 11.6. The van der Waals surface area contributed by atoms with E-state index >= 15 is 0 Å². The van der Waals surface area contributed by atoms with Gasteiger partial charge in [-0.2, -0.15) is 5.26 Å². The molecule has 0 aromatic carbocycles. The molecule has 0 aliphatic rings. The molecule has 0 fully saturated rings. The van der Waals surface area contributed by atoms with Crippen molar-refractivity contribution in [1.29, 1.82) is 5.26 Å². The van der Waals surface area contributed by atoms with Crippen molar-refractivity contribution < 1.29 is 17.9 Å². The average Bonchev–Trinajstić information content (AvgIpc) is 2.09. The molecule has 1 aromatic rings. The van der Waals surface area contributed by atoms with E-state index in [1.165, 1.54) is 13.0 Å². The first-order valence-electron chi connectivity index (χ1n) is 3.66. The van der Waals surface area contributed by atoms with E-state index in [0.29, 0.717) is 0 Å². The quantitative estimate of drug-likeness (QED) is 0.743. The van der Waals surface area contributed by atoms with Crippen LogP contribution in [-0.4, -0.2) is 11.3 Å². The van der Waals surface area contributed by atoms with Crippen LogP contribution in [0.3, 0.4) is 0 Å². The van der Waals surface area contributed by atoms with E-state index in [-0.39, 0.29) is 15.9 Å². The van der Waals surface area contributed by atoms with Crippen LogP contribution in [-0.2, 0) is 0 Å². The maximum atomic E-state index is 11.9. The van der Waals surface area contributed by atoms with Gasteiger partial charge >= 0.3 is 6.36 Å². The molecule has 80 valence electrons. The Balaban J connectivity index is 3.16. The highest BCUT2D eigenvalue weighted by atomic mass is 79.9. The third-order valence-electron chi connectivity index (χ3n) is 1.45. The van der Waals surface area contributed by atoms with Crippen molar-refractivity contribution in [1.82, 2.24) is 4.98 Å². The molecule has 0 amide bonds. The fraction of sp³-hybridized carbons (Fsp3) is 0.250. The second kappa shape index (κ2) is 4.06. The van der Waals surface area contributed by atoms with Crippen LogP contribution in [0.25, 0.3) is 0 Å². The predicted octanol–water partition coefficient (Wildman–Crippen LogP) is 2.92. The predicted molar refractivity (Wildman–Crippen MR) is 48.1 cm³/mol. The van der Waals surface area contributed by atoms with Gasteiger partial charge in [0.1, 0.15) is 16.4 Å². The number of nitrogens with zero attached hydrogens (tertiary/aromatic N) is 2. The molecule has 0 unspecified atom stereocenters. The van der Waals surface area contributed by atoms with Crippen LogP contribution in [0.4, 0.5) is 13.2 Å². The SMILES string of the molecule is Cc1cc(C#N)nc(Br)c1OC(F)(F)F. The first-order valence-corrected chi connectivity index (χ1v) is 4.46. The average molecular weight is 281 g/mol. The maximum absolute atomic E-state index is 11.9. The Bertz CT molecular complexity index is 402. The van der Waals surface area contributed by atoms with Gasteiger partial charge in [-0.15, -0.1) is 13.2 Å². The number of pyridine rings is 1. The molecule has 3 nitrogen and oxygen atoms in total. The molecule has 0 spiro atoms. The second-order valence-electron chi connectivity index (χ2n) is 2.60. The fourth-order valence-electron chi connectivity index (χ4n) is 0.918. The van der Waals surface area contributed by atoms with Gasteiger partial charge in [0.25, 0.3) is 0 Å². The maximum Gasteiger partial charge on any atom is 0.573 e. The number of hydrogen-bond acceptors (Lipinski definition) is 3. The van der Waals surface area contributed by atoms with Gasteiger partial charge in [0.15, 0.2) is 5.75 Å². The van der Waals surface area contributed by atoms with Crippen LogP contribution in [0.2, 0.25) is 0 Å². The molecular weight excluding hydrogens is 277 g/mol. The molecule has 0 aliphatic heterocycles. The van der Waals surface area contributed by atoms with Crippen molar-refractivity contribution in [2.24, 2.45) is 0 Å². The lowest BCUT2D eigenvalue weighted by Gasteiger charge is -2.12. The van der Waals surface area contributed by atoms with Crippen LogP contribution < -0.4 is 4.74 Å². The minimum Gasteiger partial charge on any atom is -0.403 e. The Hall–Kier alpha value is -1.29. The Morgan fingerprint density at radius 1 is 1.53 bits per heavy atom. The summed E-state index contributed by atoms with van der Waals surface area (Å²) in [5.41, 5.74) is 0.208. The van der Waals surface area contributed by atoms with Crippen molar-refractivity contribution in [2.45, 2.75) is 13.3 Å². The Labute approximate surface area is 91.6 Å². The lowest BCUT2D eigenvalue weighted by atomic mass is 10.2. The van der Waals surface area contributed by atoms with E-state index < -0.39 is 12.1 Å². The zero-order valence-corrected chi connectivity index (χ0v) is 8.98. The smallest absolute Gasteiger partial charge is 0.403 e. The van der Waals surface area contributed by atoms with Crippen LogP contribution in [0.5, 0.6) is 5.75 Å². The van der Waals surface area contributed by atoms with Gasteiger partial charge in [0, 0.05) is 0 Å². The van der Waals surface area contributed by atoms with Crippen LogP contribution in [0, 0.1) is 18.3 Å². The normalized spacial score (nSPS) is 10.9. The van der Waals surface area contributed by atoms with E-state index in [0.717, 1.165) is 0 Å². The topological polar surface area (TPSA) is 45.9 Å². The molecule has 0 aliphatic carbocycles. The first kappa shape index (κ1) is 11.8. The third kappa shape index (κ3) is 3.09. The summed E-state index contributed by atoms with van der Waals surface area (Å²) in [6.07, 6.45) is -4.77. The molecule has 0 saturated heterocycles. The highest BCUT2D eigenvalue weighted by Crippen LogP contribution is 2.32. The highest BCUT2D eigenvalue weighted by Gasteiger charge is 2.33. The van der Waals surface area contributed by atoms with Gasteiger partial charge in [0.05, 0.1) is 0 Å². The van der Waals surface area contributed by atoms with Gasteiger partial charge in [-0.05, 0) is 34.5 Å². The molecule has 1 rings (SSSR count). The monoisotopic (exact) mass is 280 g/mol. The van der Waals surface area contributed by atoms with Crippen LogP contribution in [0.1, 0.15) is 11.3 Å². The summed E-state index contributed by atoms with van der Waals surface area (Å²) in [5, 5.41) is 8.51. The number of aryl methyl sites for hydroxylation is 1. The van der Waals surface area contributed by atoms with E-state index in [4.69, 9.17) is 5.26 Å². The van der Waals surface area contributed by atoms with Crippen molar-refractivity contribution in [3.63, 3.8) is 0 Å². The molecule has 0 radical (unpaired) electrons. The van der Waals surface area contributed by atoms with Gasteiger partial charge in [0.2, 0.25) is 0 Å². The molecule has 15 heavy (non-hydrogen) atoms. The number of halogens is 4. The molecule has 0 N–H and O–H groups in total. The van der Waals surface area contributed by atoms with Crippen molar-refractivity contribution in [3.8, 4) is 11.8 Å². The molecule has 1 heterocycles. The van der Waals surface area contributed by atoms with Crippen molar-refractivity contribution in [3.05, 3.63) is 21.9 Å². The highest BCUT2D eigenvalue weighted by molar-refractivity contribution is 9.10. The lowest BCUT2D eigenvalue weighted by molar-refractivity contribution is -0.275. The summed E-state index contributed by atoms with van der Waals surface area (Å²) in [5.74, 6) is -0.429. The standard InChI is InChI=1S/C8H4BrF3N2O/c1-4-2-5(3-13)14-7(9)6(4)15-8(10,11)12/h2H,1H3. The Morgan fingerprint density at radius 2 is 2.13 bits per heavy atom. The summed E-state index contributed by atoms with van der Waals surface area (Å²) in [6.45, 7) is 1.40. The van der Waals surface area contributed by atoms with Crippen molar-refractivity contribution >= 4 is 15.9 Å². The largest absolute Gasteiger partial charge is 0.573 e. The van der Waals surface area contributed by atoms with E-state index in [9.17, 15) is 13.2 Å². The Kier molecular flexibility index (Phi) is 3.19. The first-order chi connectivity index (χ1) is 6.83. The number of alkyl halides is 3. The van der Waals surface area contributed by atoms with Gasteiger partial charge in [-0.3, -0.25) is 0 Å². The van der Waals surface area contributed by atoms with Gasteiger partial charge in [-0.1, -0.05) is 0 Å².